The second-order valence-electron chi connectivity index (χ2n) is 3.93. The van der Waals surface area contributed by atoms with Crippen LogP contribution in [0.2, 0.25) is 0 Å². The Hall–Kier alpha value is -0.0800. The molecular weight excluding hydrogens is 150 g/mol. The van der Waals surface area contributed by atoms with Crippen LogP contribution in [-0.4, -0.2) is 18.8 Å². The van der Waals surface area contributed by atoms with Crippen LogP contribution in [0.15, 0.2) is 0 Å². The highest BCUT2D eigenvalue weighted by Gasteiger charge is 2.26. The number of hydrogen-bond acceptors (Lipinski definition) is 2. The molecule has 0 bridgehead atoms. The number of ether oxygens (including phenoxy) is 1. The Bertz CT molecular complexity index is 119. The lowest BCUT2D eigenvalue weighted by molar-refractivity contribution is 0.0493. The smallest absolute Gasteiger partial charge is 0.0483 e. The molecule has 1 rings (SSSR count). The van der Waals surface area contributed by atoms with Crippen molar-refractivity contribution in [2.45, 2.75) is 51.0 Å². The zero-order chi connectivity index (χ0) is 8.86. The van der Waals surface area contributed by atoms with Crippen molar-refractivity contribution in [2.75, 3.05) is 13.2 Å². The first kappa shape index (κ1) is 10.0. The Morgan fingerprint density at radius 3 is 2.50 bits per heavy atom. The van der Waals surface area contributed by atoms with Gasteiger partial charge in [-0.1, -0.05) is 26.2 Å². The van der Waals surface area contributed by atoms with E-state index < -0.39 is 0 Å². The largest absolute Gasteiger partial charge is 0.381 e. The predicted molar refractivity (Wildman–Crippen MR) is 51.1 cm³/mol. The van der Waals surface area contributed by atoms with Gasteiger partial charge in [0.15, 0.2) is 0 Å². The summed E-state index contributed by atoms with van der Waals surface area (Å²) in [7, 11) is 0. The fourth-order valence-electron chi connectivity index (χ4n) is 1.75. The minimum absolute atomic E-state index is 0.105. The van der Waals surface area contributed by atoms with Gasteiger partial charge in [-0.3, -0.25) is 0 Å². The van der Waals surface area contributed by atoms with Gasteiger partial charge in [-0.15, -0.1) is 0 Å². The Kier molecular flexibility index (Phi) is 4.02. The summed E-state index contributed by atoms with van der Waals surface area (Å²) in [5.74, 6) is 0. The van der Waals surface area contributed by atoms with E-state index in [4.69, 9.17) is 10.5 Å². The molecular formula is C10H21NO. The van der Waals surface area contributed by atoms with Gasteiger partial charge < -0.3 is 10.5 Å². The molecule has 72 valence electrons. The molecule has 0 saturated carbocycles. The summed E-state index contributed by atoms with van der Waals surface area (Å²) in [4.78, 5) is 0. The molecule has 1 heterocycles. The summed E-state index contributed by atoms with van der Waals surface area (Å²) in [6.07, 6.45) is 7.18. The third kappa shape index (κ3) is 3.11. The highest BCUT2D eigenvalue weighted by atomic mass is 16.5. The van der Waals surface area contributed by atoms with Crippen molar-refractivity contribution >= 4 is 0 Å². The van der Waals surface area contributed by atoms with Gasteiger partial charge in [0.05, 0.1) is 0 Å². The van der Waals surface area contributed by atoms with Gasteiger partial charge in [-0.05, 0) is 19.3 Å². The average molecular weight is 171 g/mol. The molecule has 0 amide bonds. The maximum Gasteiger partial charge on any atom is 0.0483 e. The molecule has 0 aliphatic carbocycles. The minimum Gasteiger partial charge on any atom is -0.381 e. The van der Waals surface area contributed by atoms with E-state index in [0.29, 0.717) is 0 Å². The number of rotatable bonds is 4. The van der Waals surface area contributed by atoms with E-state index >= 15 is 0 Å². The van der Waals surface area contributed by atoms with E-state index in [0.717, 1.165) is 26.1 Å². The normalized spacial score (nSPS) is 22.5. The fraction of sp³-hybridized carbons (Fsp3) is 1.00. The molecule has 0 unspecified atom stereocenters. The van der Waals surface area contributed by atoms with E-state index in [9.17, 15) is 0 Å². The Morgan fingerprint density at radius 2 is 1.92 bits per heavy atom. The van der Waals surface area contributed by atoms with Gasteiger partial charge in [-0.25, -0.2) is 0 Å². The summed E-state index contributed by atoms with van der Waals surface area (Å²) in [6.45, 7) is 3.96. The van der Waals surface area contributed by atoms with Gasteiger partial charge in [-0.2, -0.15) is 0 Å². The molecule has 2 heteroatoms. The maximum atomic E-state index is 6.22. The summed E-state index contributed by atoms with van der Waals surface area (Å²) < 4.78 is 5.29. The van der Waals surface area contributed by atoms with Crippen LogP contribution in [0.25, 0.3) is 0 Å². The fourth-order valence-corrected chi connectivity index (χ4v) is 1.75. The first-order valence-corrected chi connectivity index (χ1v) is 5.13. The van der Waals surface area contributed by atoms with E-state index in [1.807, 2.05) is 0 Å². The van der Waals surface area contributed by atoms with Crippen molar-refractivity contribution in [3.63, 3.8) is 0 Å². The molecule has 0 aromatic heterocycles. The van der Waals surface area contributed by atoms with Crippen molar-refractivity contribution < 1.29 is 4.74 Å². The van der Waals surface area contributed by atoms with Crippen LogP contribution >= 0.6 is 0 Å². The third-order valence-electron chi connectivity index (χ3n) is 2.77. The molecule has 2 N–H and O–H groups in total. The van der Waals surface area contributed by atoms with Crippen molar-refractivity contribution in [2.24, 2.45) is 5.73 Å². The van der Waals surface area contributed by atoms with Crippen molar-refractivity contribution in [3.8, 4) is 0 Å². The van der Waals surface area contributed by atoms with Crippen LogP contribution in [0, 0.1) is 0 Å². The second-order valence-corrected chi connectivity index (χ2v) is 3.93. The van der Waals surface area contributed by atoms with Crippen molar-refractivity contribution in [3.05, 3.63) is 0 Å². The van der Waals surface area contributed by atoms with Gasteiger partial charge >= 0.3 is 0 Å². The third-order valence-corrected chi connectivity index (χ3v) is 2.77. The lowest BCUT2D eigenvalue weighted by Crippen LogP contribution is -2.44. The van der Waals surface area contributed by atoms with Crippen LogP contribution in [0.5, 0.6) is 0 Å². The Balaban J connectivity index is 2.17. The van der Waals surface area contributed by atoms with Crippen LogP contribution < -0.4 is 5.73 Å². The molecule has 1 fully saturated rings. The minimum atomic E-state index is 0.105. The molecule has 1 aliphatic heterocycles. The van der Waals surface area contributed by atoms with Crippen LogP contribution in [0.4, 0.5) is 0 Å². The van der Waals surface area contributed by atoms with Crippen LogP contribution in [-0.2, 0) is 4.74 Å². The van der Waals surface area contributed by atoms with E-state index in [1.54, 1.807) is 0 Å². The SMILES string of the molecule is CCCCCC1(N)CCOCC1. The van der Waals surface area contributed by atoms with E-state index in [1.165, 1.54) is 25.7 Å². The first-order valence-electron chi connectivity index (χ1n) is 5.13. The van der Waals surface area contributed by atoms with Crippen molar-refractivity contribution in [1.29, 1.82) is 0 Å². The summed E-state index contributed by atoms with van der Waals surface area (Å²) >= 11 is 0. The summed E-state index contributed by atoms with van der Waals surface area (Å²) in [5.41, 5.74) is 6.32. The molecule has 0 aromatic rings. The Labute approximate surface area is 75.5 Å². The van der Waals surface area contributed by atoms with Gasteiger partial charge in [0.25, 0.3) is 0 Å². The highest BCUT2D eigenvalue weighted by molar-refractivity contribution is 4.85. The molecule has 0 aromatic carbocycles. The zero-order valence-corrected chi connectivity index (χ0v) is 8.14. The topological polar surface area (TPSA) is 35.2 Å². The Morgan fingerprint density at radius 1 is 1.25 bits per heavy atom. The van der Waals surface area contributed by atoms with E-state index in [-0.39, 0.29) is 5.54 Å². The molecule has 0 atom stereocenters. The van der Waals surface area contributed by atoms with Crippen LogP contribution in [0.1, 0.15) is 45.4 Å². The lowest BCUT2D eigenvalue weighted by Gasteiger charge is -2.33. The summed E-state index contributed by atoms with van der Waals surface area (Å²) in [5, 5.41) is 0. The highest BCUT2D eigenvalue weighted by Crippen LogP contribution is 2.23. The lowest BCUT2D eigenvalue weighted by atomic mass is 9.86. The van der Waals surface area contributed by atoms with Gasteiger partial charge in [0, 0.05) is 18.8 Å². The average Bonchev–Trinajstić information content (AvgIpc) is 2.06. The second kappa shape index (κ2) is 4.83. The summed E-state index contributed by atoms with van der Waals surface area (Å²) in [6, 6.07) is 0. The van der Waals surface area contributed by atoms with E-state index in [2.05, 4.69) is 6.92 Å². The first-order chi connectivity index (χ1) is 5.77. The van der Waals surface area contributed by atoms with Gasteiger partial charge in [0.1, 0.15) is 0 Å². The van der Waals surface area contributed by atoms with Crippen molar-refractivity contribution in [1.82, 2.24) is 0 Å². The predicted octanol–water partition coefficient (Wildman–Crippen LogP) is 2.07. The monoisotopic (exact) mass is 171 g/mol. The van der Waals surface area contributed by atoms with Gasteiger partial charge in [0.2, 0.25) is 0 Å². The van der Waals surface area contributed by atoms with Crippen LogP contribution in [0.3, 0.4) is 0 Å². The number of nitrogens with two attached hydrogens (primary N) is 1. The standard InChI is InChI=1S/C10H21NO/c1-2-3-4-5-10(11)6-8-12-9-7-10/h2-9,11H2,1H3. The molecule has 0 radical (unpaired) electrons. The quantitative estimate of drug-likeness (QED) is 0.657. The number of hydrogen-bond donors (Lipinski definition) is 1. The molecule has 1 aliphatic rings. The molecule has 0 spiro atoms. The molecule has 12 heavy (non-hydrogen) atoms. The zero-order valence-electron chi connectivity index (χ0n) is 8.14. The molecule has 2 nitrogen and oxygen atoms in total. The molecule has 1 saturated heterocycles. The number of unbranched alkanes of at least 4 members (excludes halogenated alkanes) is 2. The maximum absolute atomic E-state index is 6.22.